The third kappa shape index (κ3) is 8.49. The van der Waals surface area contributed by atoms with Crippen LogP contribution in [0.2, 0.25) is 0 Å². The summed E-state index contributed by atoms with van der Waals surface area (Å²) in [4.78, 5) is 10.5. The minimum Gasteiger partial charge on any atom is -1.00 e. The molecular weight excluding hydrogens is 203 g/mol. The van der Waals surface area contributed by atoms with E-state index in [-0.39, 0.29) is 42.7 Å². The van der Waals surface area contributed by atoms with Crippen LogP contribution < -0.4 is 29.6 Å². The van der Waals surface area contributed by atoms with Gasteiger partial charge in [-0.3, -0.25) is 0 Å². The minimum atomic E-state index is -3.71. The summed E-state index contributed by atoms with van der Waals surface area (Å²) in [6.45, 7) is 6.53. The van der Waals surface area contributed by atoms with E-state index < -0.39 is 16.1 Å². The van der Waals surface area contributed by atoms with Crippen LogP contribution in [-0.2, 0) is 19.1 Å². The van der Waals surface area contributed by atoms with Crippen molar-refractivity contribution in [3.63, 3.8) is 0 Å². The second kappa shape index (κ2) is 6.59. The van der Waals surface area contributed by atoms with E-state index in [4.69, 9.17) is 0 Å². The zero-order valence-electron chi connectivity index (χ0n) is 9.11. The molecule has 0 N–H and O–H groups in total. The third-order valence-electron chi connectivity index (χ3n) is 0.913. The zero-order chi connectivity index (χ0) is 9.78. The summed E-state index contributed by atoms with van der Waals surface area (Å²) in [5.74, 6) is -1.16. The molecule has 0 aromatic rings. The Kier molecular flexibility index (Phi) is 7.92. The molecule has 0 aliphatic heterocycles. The van der Waals surface area contributed by atoms with Gasteiger partial charge in [0.25, 0.3) is 0 Å². The first-order valence-electron chi connectivity index (χ1n) is 3.46. The van der Waals surface area contributed by atoms with Crippen molar-refractivity contribution >= 4 is 16.1 Å². The maximum absolute atomic E-state index is 10.9. The van der Waals surface area contributed by atoms with E-state index in [1.807, 2.05) is 0 Å². The van der Waals surface area contributed by atoms with Gasteiger partial charge in [-0.2, -0.15) is 8.42 Å². The van der Waals surface area contributed by atoms with E-state index in [0.29, 0.717) is 0 Å². The van der Waals surface area contributed by atoms with Gasteiger partial charge in [-0.25, -0.2) is 4.79 Å². The predicted molar refractivity (Wildman–Crippen MR) is 46.0 cm³/mol. The van der Waals surface area contributed by atoms with Crippen LogP contribution in [-0.4, -0.2) is 20.1 Å². The molecule has 0 rings (SSSR count). The Hall–Kier alpha value is 0.160. The van der Waals surface area contributed by atoms with Crippen molar-refractivity contribution < 1.29 is 48.4 Å². The molecule has 0 saturated heterocycles. The second-order valence-corrected chi connectivity index (χ2v) is 4.34. The Morgan fingerprint density at radius 3 is 2.38 bits per heavy atom. The van der Waals surface area contributed by atoms with Crippen LogP contribution in [0.1, 0.15) is 15.3 Å². The summed E-state index contributed by atoms with van der Waals surface area (Å²) in [5, 5.41) is 0. The Labute approximate surface area is 102 Å². The molecule has 0 radical (unpaired) electrons. The number of hydrogen-bond acceptors (Lipinski definition) is 4. The van der Waals surface area contributed by atoms with Gasteiger partial charge >= 0.3 is 45.6 Å². The minimum absolute atomic E-state index is 0. The molecule has 0 atom stereocenters. The SMILES string of the molecule is C=CC(=O)OS(=O)(=O)CC(C)C.[H-].[Na+]. The summed E-state index contributed by atoms with van der Waals surface area (Å²) < 4.78 is 26.0. The molecule has 0 fully saturated rings. The van der Waals surface area contributed by atoms with Crippen molar-refractivity contribution in [2.45, 2.75) is 13.8 Å². The first-order chi connectivity index (χ1) is 5.37. The molecule has 0 amide bonds. The van der Waals surface area contributed by atoms with E-state index in [1.54, 1.807) is 13.8 Å². The molecule has 4 nitrogen and oxygen atoms in total. The van der Waals surface area contributed by atoms with Crippen LogP contribution in [0, 0.1) is 5.92 Å². The molecule has 0 saturated carbocycles. The molecule has 0 spiro atoms. The molecule has 0 aliphatic rings. The standard InChI is InChI=1S/C7H12O4S.Na.H/c1-4-7(8)11-12(9,10)5-6(2)3;;/h4,6H,1,5H2,2-3H3;;/q;+1;-1. The van der Waals surface area contributed by atoms with Gasteiger partial charge in [0.15, 0.2) is 0 Å². The molecule has 0 unspecified atom stereocenters. The Morgan fingerprint density at radius 1 is 1.62 bits per heavy atom. The molecule has 72 valence electrons. The number of carbonyl (C=O) groups is 1. The van der Waals surface area contributed by atoms with Gasteiger partial charge in [-0.1, -0.05) is 20.4 Å². The van der Waals surface area contributed by atoms with E-state index in [1.165, 1.54) is 0 Å². The summed E-state index contributed by atoms with van der Waals surface area (Å²) in [6, 6.07) is 0. The summed E-state index contributed by atoms with van der Waals surface area (Å²) in [5.41, 5.74) is 0. The van der Waals surface area contributed by atoms with Crippen LogP contribution in [0.15, 0.2) is 12.7 Å². The summed E-state index contributed by atoms with van der Waals surface area (Å²) in [6.07, 6.45) is 0.817. The number of hydrogen-bond donors (Lipinski definition) is 0. The molecule has 0 heterocycles. The van der Waals surface area contributed by atoms with Crippen LogP contribution in [0.4, 0.5) is 0 Å². The first-order valence-corrected chi connectivity index (χ1v) is 5.03. The van der Waals surface area contributed by atoms with Crippen LogP contribution in [0.5, 0.6) is 0 Å². The summed E-state index contributed by atoms with van der Waals surface area (Å²) in [7, 11) is -3.71. The second-order valence-electron chi connectivity index (χ2n) is 2.72. The van der Waals surface area contributed by atoms with Crippen LogP contribution in [0.3, 0.4) is 0 Å². The van der Waals surface area contributed by atoms with Crippen LogP contribution >= 0.6 is 0 Å². The van der Waals surface area contributed by atoms with Crippen molar-refractivity contribution in [1.29, 1.82) is 0 Å². The average molecular weight is 216 g/mol. The van der Waals surface area contributed by atoms with Gasteiger partial charge in [0.2, 0.25) is 0 Å². The Balaban J connectivity index is -0.000000605. The molecule has 0 aromatic carbocycles. The smallest absolute Gasteiger partial charge is 1.00 e. The van der Waals surface area contributed by atoms with Gasteiger partial charge in [0.05, 0.1) is 5.75 Å². The van der Waals surface area contributed by atoms with Crippen molar-refractivity contribution in [1.82, 2.24) is 0 Å². The van der Waals surface area contributed by atoms with Gasteiger partial charge in [-0.15, -0.1) is 0 Å². The van der Waals surface area contributed by atoms with Gasteiger partial charge in [0, 0.05) is 6.08 Å². The Bertz CT molecular complexity index is 273. The van der Waals surface area contributed by atoms with E-state index in [9.17, 15) is 13.2 Å². The van der Waals surface area contributed by atoms with E-state index in [2.05, 4.69) is 10.8 Å². The fraction of sp³-hybridized carbons (Fsp3) is 0.571. The van der Waals surface area contributed by atoms with Crippen molar-refractivity contribution in [3.05, 3.63) is 12.7 Å². The average Bonchev–Trinajstić information content (AvgIpc) is 1.83. The molecule has 0 aromatic heterocycles. The first kappa shape index (κ1) is 15.6. The molecule has 6 heteroatoms. The van der Waals surface area contributed by atoms with Gasteiger partial charge in [0.1, 0.15) is 0 Å². The topological polar surface area (TPSA) is 60.4 Å². The predicted octanol–water partition coefficient (Wildman–Crippen LogP) is -2.18. The molecular formula is C7H13NaO4S. The van der Waals surface area contributed by atoms with Gasteiger partial charge in [-0.05, 0) is 5.92 Å². The summed E-state index contributed by atoms with van der Waals surface area (Å²) >= 11 is 0. The third-order valence-corrected chi connectivity index (χ3v) is 2.41. The normalized spacial score (nSPS) is 10.4. The quantitative estimate of drug-likeness (QED) is 0.304. The van der Waals surface area contributed by atoms with Gasteiger partial charge < -0.3 is 5.61 Å². The number of carbonyl (C=O) groups excluding carboxylic acids is 1. The zero-order valence-corrected chi connectivity index (χ0v) is 10.9. The Morgan fingerprint density at radius 2 is 2.08 bits per heavy atom. The van der Waals surface area contributed by atoms with E-state index in [0.717, 1.165) is 6.08 Å². The fourth-order valence-electron chi connectivity index (χ4n) is 0.601. The maximum Gasteiger partial charge on any atom is 1.00 e. The molecule has 0 aliphatic carbocycles. The van der Waals surface area contributed by atoms with Crippen molar-refractivity contribution in [2.75, 3.05) is 5.75 Å². The molecule has 13 heavy (non-hydrogen) atoms. The maximum atomic E-state index is 10.9. The van der Waals surface area contributed by atoms with Crippen molar-refractivity contribution in [3.8, 4) is 0 Å². The molecule has 0 bridgehead atoms. The fourth-order valence-corrected chi connectivity index (χ4v) is 1.80. The van der Waals surface area contributed by atoms with Crippen molar-refractivity contribution in [2.24, 2.45) is 5.92 Å². The van der Waals surface area contributed by atoms with E-state index >= 15 is 0 Å². The monoisotopic (exact) mass is 216 g/mol. The number of rotatable bonds is 4. The largest absolute Gasteiger partial charge is 1.00 e. The van der Waals surface area contributed by atoms with Crippen LogP contribution in [0.25, 0.3) is 0 Å².